The molecule has 4 rings (SSSR count). The molecule has 0 aliphatic heterocycles. The van der Waals surface area contributed by atoms with E-state index in [4.69, 9.17) is 13.9 Å². The molecule has 0 bridgehead atoms. The number of nitrogens with one attached hydrogen (secondary N) is 1. The molecule has 0 radical (unpaired) electrons. The number of halogens is 1. The zero-order valence-corrected chi connectivity index (χ0v) is 19.7. The second kappa shape index (κ2) is 10.4. The van der Waals surface area contributed by atoms with E-state index in [9.17, 15) is 14.4 Å². The molecule has 0 aliphatic rings. The van der Waals surface area contributed by atoms with Crippen molar-refractivity contribution < 1.29 is 23.5 Å². The van der Waals surface area contributed by atoms with Crippen LogP contribution in [0.15, 0.2) is 92.5 Å². The largest absolute Gasteiger partial charge is 0.482 e. The molecule has 1 amide bonds. The first kappa shape index (κ1) is 23.3. The van der Waals surface area contributed by atoms with Crippen LogP contribution in [0.1, 0.15) is 28.9 Å². The van der Waals surface area contributed by atoms with E-state index in [1.807, 2.05) is 43.3 Å². The maximum atomic E-state index is 12.7. The van der Waals surface area contributed by atoms with E-state index in [2.05, 4.69) is 21.2 Å². The van der Waals surface area contributed by atoms with Gasteiger partial charge in [-0.1, -0.05) is 52.3 Å². The molecular weight excluding hydrogens is 502 g/mol. The maximum absolute atomic E-state index is 12.7. The van der Waals surface area contributed by atoms with Crippen molar-refractivity contribution in [3.63, 3.8) is 0 Å². The molecule has 1 heterocycles. The zero-order chi connectivity index (χ0) is 24.1. The number of hydrogen-bond donors (Lipinski definition) is 1. The summed E-state index contributed by atoms with van der Waals surface area (Å²) in [5, 5.41) is 3.32. The summed E-state index contributed by atoms with van der Waals surface area (Å²) in [5.74, 6) is -0.448. The van der Waals surface area contributed by atoms with Crippen molar-refractivity contribution in [2.75, 3.05) is 6.61 Å². The van der Waals surface area contributed by atoms with E-state index in [0.29, 0.717) is 11.1 Å². The highest BCUT2D eigenvalue weighted by atomic mass is 79.9. The lowest BCUT2D eigenvalue weighted by Gasteiger charge is -2.14. The lowest BCUT2D eigenvalue weighted by Crippen LogP contribution is -2.30. The van der Waals surface area contributed by atoms with Crippen LogP contribution >= 0.6 is 15.9 Å². The Labute approximate surface area is 203 Å². The summed E-state index contributed by atoms with van der Waals surface area (Å²) in [4.78, 5) is 37.2. The van der Waals surface area contributed by atoms with Crippen molar-refractivity contribution in [1.29, 1.82) is 0 Å². The van der Waals surface area contributed by atoms with Crippen LogP contribution in [0.3, 0.4) is 0 Å². The van der Waals surface area contributed by atoms with Gasteiger partial charge in [-0.25, -0.2) is 9.59 Å². The molecule has 0 saturated heterocycles. The Morgan fingerprint density at radius 2 is 1.76 bits per heavy atom. The Morgan fingerprint density at radius 1 is 0.971 bits per heavy atom. The van der Waals surface area contributed by atoms with Gasteiger partial charge in [-0.2, -0.15) is 0 Å². The Kier molecular flexibility index (Phi) is 7.08. The van der Waals surface area contributed by atoms with E-state index < -0.39 is 17.5 Å². The molecule has 1 unspecified atom stereocenters. The molecule has 34 heavy (non-hydrogen) atoms. The van der Waals surface area contributed by atoms with Crippen molar-refractivity contribution >= 4 is 38.8 Å². The summed E-state index contributed by atoms with van der Waals surface area (Å²) >= 11 is 3.33. The van der Waals surface area contributed by atoms with Crippen LogP contribution in [-0.2, 0) is 4.79 Å². The highest BCUT2D eigenvalue weighted by Crippen LogP contribution is 2.22. The molecule has 172 valence electrons. The summed E-state index contributed by atoms with van der Waals surface area (Å²) in [6.45, 7) is 1.54. The summed E-state index contributed by atoms with van der Waals surface area (Å²) in [6.07, 6.45) is 0. The standard InChI is InChI=1S/C26H20BrNO6/c1-16(17-6-3-2-4-7-17)28-25(30)22-12-18-10-11-21(14-23(18)34-26(22)31)33-24(29)15-32-20-9-5-8-19(27)13-20/h2-14,16H,15H2,1H3,(H,28,30). The van der Waals surface area contributed by atoms with Gasteiger partial charge >= 0.3 is 11.6 Å². The fraction of sp³-hybridized carbons (Fsp3) is 0.115. The van der Waals surface area contributed by atoms with Gasteiger partial charge in [-0.05, 0) is 48.9 Å². The van der Waals surface area contributed by atoms with Crippen LogP contribution < -0.4 is 20.4 Å². The molecule has 7 nitrogen and oxygen atoms in total. The third kappa shape index (κ3) is 5.71. The minimum Gasteiger partial charge on any atom is -0.482 e. The first-order valence-corrected chi connectivity index (χ1v) is 11.2. The predicted octanol–water partition coefficient (Wildman–Crippen LogP) is 5.03. The van der Waals surface area contributed by atoms with Gasteiger partial charge in [0.2, 0.25) is 0 Å². The minimum absolute atomic E-state index is 0.109. The molecule has 4 aromatic rings. The topological polar surface area (TPSA) is 94.8 Å². The predicted molar refractivity (Wildman–Crippen MR) is 130 cm³/mol. The fourth-order valence-electron chi connectivity index (χ4n) is 3.27. The third-order valence-electron chi connectivity index (χ3n) is 4.98. The van der Waals surface area contributed by atoms with Crippen molar-refractivity contribution in [3.8, 4) is 11.5 Å². The van der Waals surface area contributed by atoms with Crippen LogP contribution in [0.4, 0.5) is 0 Å². The Morgan fingerprint density at radius 3 is 2.53 bits per heavy atom. The van der Waals surface area contributed by atoms with Gasteiger partial charge in [0.15, 0.2) is 6.61 Å². The Balaban J connectivity index is 1.44. The van der Waals surface area contributed by atoms with Crippen molar-refractivity contribution in [1.82, 2.24) is 5.32 Å². The SMILES string of the molecule is CC(NC(=O)c1cc2ccc(OC(=O)COc3cccc(Br)c3)cc2oc1=O)c1ccccc1. The number of benzene rings is 3. The summed E-state index contributed by atoms with van der Waals surface area (Å²) in [6, 6.07) is 22.2. The van der Waals surface area contributed by atoms with Crippen molar-refractivity contribution in [2.45, 2.75) is 13.0 Å². The van der Waals surface area contributed by atoms with E-state index >= 15 is 0 Å². The van der Waals surface area contributed by atoms with Gasteiger partial charge in [-0.15, -0.1) is 0 Å². The van der Waals surface area contributed by atoms with Gasteiger partial charge in [0.05, 0.1) is 6.04 Å². The van der Waals surface area contributed by atoms with E-state index in [1.165, 1.54) is 12.1 Å². The first-order valence-electron chi connectivity index (χ1n) is 10.4. The van der Waals surface area contributed by atoms with Gasteiger partial charge in [0, 0.05) is 15.9 Å². The van der Waals surface area contributed by atoms with E-state index in [-0.39, 0.29) is 29.5 Å². The lowest BCUT2D eigenvalue weighted by molar-refractivity contribution is -0.136. The second-order valence-corrected chi connectivity index (χ2v) is 8.39. The molecule has 0 spiro atoms. The van der Waals surface area contributed by atoms with E-state index in [0.717, 1.165) is 10.0 Å². The van der Waals surface area contributed by atoms with Crippen LogP contribution in [0.5, 0.6) is 11.5 Å². The molecule has 0 saturated carbocycles. The van der Waals surface area contributed by atoms with Crippen LogP contribution in [0.25, 0.3) is 11.0 Å². The number of hydrogen-bond acceptors (Lipinski definition) is 6. The molecule has 0 fully saturated rings. The molecular formula is C26H20BrNO6. The molecule has 8 heteroatoms. The molecule has 1 aromatic heterocycles. The van der Waals surface area contributed by atoms with E-state index in [1.54, 1.807) is 30.3 Å². The smallest absolute Gasteiger partial charge is 0.349 e. The van der Waals surface area contributed by atoms with Gasteiger partial charge in [0.1, 0.15) is 22.6 Å². The Bertz CT molecular complexity index is 1400. The van der Waals surface area contributed by atoms with Crippen LogP contribution in [0.2, 0.25) is 0 Å². The number of carbonyl (C=O) groups is 2. The number of carbonyl (C=O) groups excluding carboxylic acids is 2. The number of amides is 1. The zero-order valence-electron chi connectivity index (χ0n) is 18.1. The lowest BCUT2D eigenvalue weighted by atomic mass is 10.1. The van der Waals surface area contributed by atoms with Gasteiger partial charge in [0.25, 0.3) is 5.91 Å². The average molecular weight is 522 g/mol. The number of rotatable bonds is 7. The third-order valence-corrected chi connectivity index (χ3v) is 5.48. The minimum atomic E-state index is -0.785. The normalized spacial score (nSPS) is 11.6. The fourth-order valence-corrected chi connectivity index (χ4v) is 3.65. The second-order valence-electron chi connectivity index (χ2n) is 7.47. The monoisotopic (exact) mass is 521 g/mol. The van der Waals surface area contributed by atoms with Crippen LogP contribution in [0, 0.1) is 0 Å². The van der Waals surface area contributed by atoms with Gasteiger partial charge in [-0.3, -0.25) is 4.79 Å². The first-order chi connectivity index (χ1) is 16.4. The van der Waals surface area contributed by atoms with Crippen molar-refractivity contribution in [3.05, 3.63) is 105 Å². The summed E-state index contributed by atoms with van der Waals surface area (Å²) < 4.78 is 16.8. The number of fused-ring (bicyclic) bond motifs is 1. The van der Waals surface area contributed by atoms with Crippen LogP contribution in [-0.4, -0.2) is 18.5 Å². The highest BCUT2D eigenvalue weighted by Gasteiger charge is 2.17. The Hall–Kier alpha value is -3.91. The molecule has 0 aliphatic carbocycles. The molecule has 1 N–H and O–H groups in total. The van der Waals surface area contributed by atoms with Gasteiger partial charge < -0.3 is 19.2 Å². The van der Waals surface area contributed by atoms with Crippen molar-refractivity contribution in [2.24, 2.45) is 0 Å². The number of esters is 1. The molecule has 3 aromatic carbocycles. The summed E-state index contributed by atoms with van der Waals surface area (Å²) in [7, 11) is 0. The quantitative estimate of drug-likeness (QED) is 0.208. The number of ether oxygens (including phenoxy) is 2. The average Bonchev–Trinajstić information content (AvgIpc) is 2.83. The highest BCUT2D eigenvalue weighted by molar-refractivity contribution is 9.10. The molecule has 1 atom stereocenters. The maximum Gasteiger partial charge on any atom is 0.349 e. The summed E-state index contributed by atoms with van der Waals surface area (Å²) in [5.41, 5.74) is 0.210.